The number of ether oxygens (including phenoxy) is 1. The quantitative estimate of drug-likeness (QED) is 0.559. The van der Waals surface area contributed by atoms with Crippen LogP contribution in [0.25, 0.3) is 0 Å². The number of nitrogens with one attached hydrogen (secondary N) is 2. The van der Waals surface area contributed by atoms with E-state index in [1.165, 1.54) is 24.0 Å². The summed E-state index contributed by atoms with van der Waals surface area (Å²) in [6, 6.07) is 17.4. The van der Waals surface area contributed by atoms with Gasteiger partial charge in [0.15, 0.2) is 0 Å². The minimum absolute atomic E-state index is 0.0121. The van der Waals surface area contributed by atoms with Crippen molar-refractivity contribution in [3.05, 3.63) is 59.7 Å². The van der Waals surface area contributed by atoms with Gasteiger partial charge >= 0.3 is 0 Å². The monoisotopic (exact) mass is 469 g/mol. The number of nitrogens with zero attached hydrogens (tertiary/aromatic N) is 1. The molecule has 2 atom stereocenters. The minimum atomic E-state index is -3.18. The van der Waals surface area contributed by atoms with Crippen LogP contribution in [0.4, 0.5) is 5.69 Å². The Labute approximate surface area is 197 Å². The van der Waals surface area contributed by atoms with Crippen LogP contribution in [0.5, 0.6) is 5.75 Å². The van der Waals surface area contributed by atoms with Crippen molar-refractivity contribution in [2.24, 2.45) is 5.92 Å². The lowest BCUT2D eigenvalue weighted by atomic mass is 9.83. The fourth-order valence-corrected chi connectivity index (χ4v) is 6.29. The molecule has 2 aromatic carbocycles. The first-order valence-electron chi connectivity index (χ1n) is 12.3. The normalized spacial score (nSPS) is 23.0. The highest BCUT2D eigenvalue weighted by atomic mass is 32.2. The number of fused-ring (bicyclic) bond motifs is 1. The molecule has 1 saturated heterocycles. The zero-order valence-corrected chi connectivity index (χ0v) is 20.2. The Kier molecular flexibility index (Phi) is 6.63. The molecule has 0 aromatic heterocycles. The Morgan fingerprint density at radius 1 is 1.09 bits per heavy atom. The summed E-state index contributed by atoms with van der Waals surface area (Å²) in [5.74, 6) is 2.33. The molecule has 0 amide bonds. The van der Waals surface area contributed by atoms with E-state index in [9.17, 15) is 8.42 Å². The molecule has 2 aliphatic heterocycles. The maximum absolute atomic E-state index is 12.1. The number of hydrogen-bond acceptors (Lipinski definition) is 5. The summed E-state index contributed by atoms with van der Waals surface area (Å²) in [6.45, 7) is 5.06. The molecule has 2 N–H and O–H groups in total. The van der Waals surface area contributed by atoms with Crippen LogP contribution in [0.2, 0.25) is 0 Å². The molecule has 1 saturated carbocycles. The summed E-state index contributed by atoms with van der Waals surface area (Å²) < 4.78 is 33.2. The number of sulfonamides is 1. The molecule has 2 aromatic rings. The van der Waals surface area contributed by atoms with Gasteiger partial charge in [-0.05, 0) is 61.9 Å². The van der Waals surface area contributed by atoms with Crippen molar-refractivity contribution in [2.75, 3.05) is 36.9 Å². The summed E-state index contributed by atoms with van der Waals surface area (Å²) in [5, 5.41) is 3.80. The van der Waals surface area contributed by atoms with Crippen molar-refractivity contribution < 1.29 is 13.2 Å². The van der Waals surface area contributed by atoms with Crippen molar-refractivity contribution in [1.82, 2.24) is 10.0 Å². The van der Waals surface area contributed by atoms with Crippen LogP contribution >= 0.6 is 0 Å². The average Bonchev–Trinajstić information content (AvgIpc) is 3.60. The highest BCUT2D eigenvalue weighted by Crippen LogP contribution is 2.40. The van der Waals surface area contributed by atoms with E-state index >= 15 is 0 Å². The molecule has 0 bridgehead atoms. The molecule has 0 spiro atoms. The number of hydrogen-bond donors (Lipinski definition) is 2. The molecule has 33 heavy (non-hydrogen) atoms. The van der Waals surface area contributed by atoms with Gasteiger partial charge in [0, 0.05) is 36.3 Å². The number of rotatable bonds is 10. The second kappa shape index (κ2) is 9.65. The lowest BCUT2D eigenvalue weighted by Gasteiger charge is -2.42. The maximum atomic E-state index is 12.1. The Bertz CT molecular complexity index is 1050. The van der Waals surface area contributed by atoms with Crippen LogP contribution in [-0.4, -0.2) is 52.5 Å². The Morgan fingerprint density at radius 2 is 1.88 bits per heavy atom. The van der Waals surface area contributed by atoms with E-state index in [-0.39, 0.29) is 11.8 Å². The van der Waals surface area contributed by atoms with Gasteiger partial charge in [0.1, 0.15) is 12.4 Å². The first-order chi connectivity index (χ1) is 16.0. The minimum Gasteiger partial charge on any atom is -0.492 e. The fourth-order valence-electron chi connectivity index (χ4n) is 4.97. The molecule has 178 valence electrons. The van der Waals surface area contributed by atoms with Crippen LogP contribution in [0.1, 0.15) is 43.2 Å². The molecule has 0 unspecified atom stereocenters. The van der Waals surface area contributed by atoms with E-state index in [2.05, 4.69) is 63.5 Å². The smallest absolute Gasteiger partial charge is 0.211 e. The molecule has 7 heteroatoms. The predicted molar refractivity (Wildman–Crippen MR) is 133 cm³/mol. The summed E-state index contributed by atoms with van der Waals surface area (Å²) in [5.41, 5.74) is 3.74. The molecule has 1 aliphatic carbocycles. The molecule has 6 nitrogen and oxygen atoms in total. The van der Waals surface area contributed by atoms with Crippen LogP contribution in [0.3, 0.4) is 0 Å². The van der Waals surface area contributed by atoms with Gasteiger partial charge in [0.25, 0.3) is 0 Å². The number of anilines is 1. The first-order valence-corrected chi connectivity index (χ1v) is 13.9. The van der Waals surface area contributed by atoms with Crippen LogP contribution < -0.4 is 19.7 Å². The Balaban J connectivity index is 1.32. The molecule has 3 aliphatic rings. The summed E-state index contributed by atoms with van der Waals surface area (Å²) in [7, 11) is -3.18. The van der Waals surface area contributed by atoms with Gasteiger partial charge in [-0.1, -0.05) is 37.3 Å². The average molecular weight is 470 g/mol. The molecule has 5 rings (SSSR count). The zero-order chi connectivity index (χ0) is 22.8. The van der Waals surface area contributed by atoms with E-state index < -0.39 is 10.0 Å². The lowest BCUT2D eigenvalue weighted by molar-refractivity contribution is 0.211. The van der Waals surface area contributed by atoms with E-state index in [1.807, 2.05) is 6.92 Å². The van der Waals surface area contributed by atoms with Crippen molar-refractivity contribution in [1.29, 1.82) is 0 Å². The van der Waals surface area contributed by atoms with Gasteiger partial charge in [-0.3, -0.25) is 0 Å². The summed E-state index contributed by atoms with van der Waals surface area (Å²) in [4.78, 5) is 2.25. The van der Waals surface area contributed by atoms with E-state index in [1.54, 1.807) is 0 Å². The largest absolute Gasteiger partial charge is 0.492 e. The lowest BCUT2D eigenvalue weighted by Crippen LogP contribution is -2.59. The van der Waals surface area contributed by atoms with E-state index in [0.717, 1.165) is 30.3 Å². The van der Waals surface area contributed by atoms with E-state index in [4.69, 9.17) is 4.74 Å². The number of benzene rings is 2. The van der Waals surface area contributed by atoms with Gasteiger partial charge in [-0.2, -0.15) is 0 Å². The van der Waals surface area contributed by atoms with Crippen LogP contribution in [0.15, 0.2) is 48.5 Å². The molecule has 0 radical (unpaired) electrons. The van der Waals surface area contributed by atoms with Crippen molar-refractivity contribution >= 4 is 15.7 Å². The summed E-state index contributed by atoms with van der Waals surface area (Å²) in [6.07, 6.45) is 4.28. The third-order valence-electron chi connectivity index (χ3n) is 7.03. The van der Waals surface area contributed by atoms with Crippen LogP contribution in [0, 0.1) is 5.92 Å². The summed E-state index contributed by atoms with van der Waals surface area (Å²) >= 11 is 0. The van der Waals surface area contributed by atoms with Crippen LogP contribution in [-0.2, 0) is 16.4 Å². The highest BCUT2D eigenvalue weighted by Gasteiger charge is 2.35. The van der Waals surface area contributed by atoms with Gasteiger partial charge in [0.2, 0.25) is 10.0 Å². The first kappa shape index (κ1) is 22.7. The predicted octanol–water partition coefficient (Wildman–Crippen LogP) is 3.29. The van der Waals surface area contributed by atoms with Gasteiger partial charge in [0.05, 0.1) is 11.8 Å². The van der Waals surface area contributed by atoms with Gasteiger partial charge < -0.3 is 15.0 Å². The molecule has 2 heterocycles. The third-order valence-corrected chi connectivity index (χ3v) is 8.66. The van der Waals surface area contributed by atoms with Crippen molar-refractivity contribution in [2.45, 2.75) is 50.6 Å². The fraction of sp³-hybridized carbons (Fsp3) is 0.538. The highest BCUT2D eigenvalue weighted by molar-refractivity contribution is 7.89. The van der Waals surface area contributed by atoms with Crippen molar-refractivity contribution in [3.8, 4) is 5.75 Å². The second-order valence-corrected chi connectivity index (χ2v) is 11.7. The van der Waals surface area contributed by atoms with E-state index in [0.29, 0.717) is 38.1 Å². The molecular formula is C26H35N3O3S. The Morgan fingerprint density at radius 3 is 2.61 bits per heavy atom. The Hall–Kier alpha value is -2.09. The van der Waals surface area contributed by atoms with Gasteiger partial charge in [-0.25, -0.2) is 13.1 Å². The molecular weight excluding hydrogens is 434 g/mol. The third kappa shape index (κ3) is 5.53. The standard InChI is InChI=1S/C26H35N3O3S/c1-2-12-33(30,31)28-21-16-29(17-21)22-10-11-26-24(14-22)23(13-19-6-4-3-5-7-19)25(18-32-26)27-15-20-8-9-20/h3-7,10-11,14,20-21,23,25,27-28H,2,8-9,12-13,15-18H2,1H3/t23-,25+/m1/s1. The zero-order valence-electron chi connectivity index (χ0n) is 19.4. The topological polar surface area (TPSA) is 70.7 Å². The molecule has 2 fully saturated rings. The maximum Gasteiger partial charge on any atom is 0.211 e. The second-order valence-electron chi connectivity index (χ2n) is 9.83. The van der Waals surface area contributed by atoms with Crippen molar-refractivity contribution in [3.63, 3.8) is 0 Å². The van der Waals surface area contributed by atoms with Gasteiger partial charge in [-0.15, -0.1) is 0 Å². The SMILES string of the molecule is CCCS(=O)(=O)NC1CN(c2ccc3c(c2)[C@@H](Cc2ccccc2)[C@@H](NCC2CC2)CO3)C1.